The first-order chi connectivity index (χ1) is 9.43. The van der Waals surface area contributed by atoms with E-state index in [1.165, 1.54) is 6.42 Å². The van der Waals surface area contributed by atoms with E-state index in [4.69, 9.17) is 0 Å². The van der Waals surface area contributed by atoms with Gasteiger partial charge < -0.3 is 10.2 Å². The van der Waals surface area contributed by atoms with Crippen LogP contribution >= 0.6 is 0 Å². The van der Waals surface area contributed by atoms with E-state index in [-0.39, 0.29) is 23.9 Å². The Morgan fingerprint density at radius 1 is 1.25 bits per heavy atom. The van der Waals surface area contributed by atoms with Gasteiger partial charge in [0.05, 0.1) is 0 Å². The summed E-state index contributed by atoms with van der Waals surface area (Å²) < 4.78 is 0. The van der Waals surface area contributed by atoms with Crippen LogP contribution in [-0.4, -0.2) is 34.3 Å². The number of amides is 2. The molecule has 0 aromatic rings. The minimum absolute atomic E-state index is 0.0191. The van der Waals surface area contributed by atoms with Crippen LogP contribution in [0.25, 0.3) is 0 Å². The van der Waals surface area contributed by atoms with Gasteiger partial charge in [-0.3, -0.25) is 9.59 Å². The maximum Gasteiger partial charge on any atom is 0.249 e. The molecular formula is C16H28N2O2. The number of nitrogens with one attached hydrogen (secondary N) is 1. The van der Waals surface area contributed by atoms with Gasteiger partial charge in [0.15, 0.2) is 0 Å². The summed E-state index contributed by atoms with van der Waals surface area (Å²) in [4.78, 5) is 27.3. The Labute approximate surface area is 122 Å². The molecule has 2 unspecified atom stereocenters. The molecule has 1 aliphatic carbocycles. The van der Waals surface area contributed by atoms with E-state index in [2.05, 4.69) is 26.1 Å². The monoisotopic (exact) mass is 280 g/mol. The van der Waals surface area contributed by atoms with Crippen LogP contribution in [-0.2, 0) is 9.59 Å². The van der Waals surface area contributed by atoms with E-state index in [1.54, 1.807) is 0 Å². The van der Waals surface area contributed by atoms with Crippen LogP contribution in [0.4, 0.5) is 0 Å². The van der Waals surface area contributed by atoms with E-state index < -0.39 is 5.54 Å². The van der Waals surface area contributed by atoms with Crippen LogP contribution in [0, 0.1) is 5.92 Å². The van der Waals surface area contributed by atoms with Crippen molar-refractivity contribution in [3.8, 4) is 0 Å². The molecule has 0 aromatic heterocycles. The molecule has 4 nitrogen and oxygen atoms in total. The van der Waals surface area contributed by atoms with Gasteiger partial charge in [0.1, 0.15) is 11.6 Å². The molecule has 1 saturated carbocycles. The largest absolute Gasteiger partial charge is 0.340 e. The predicted molar refractivity (Wildman–Crippen MR) is 79.2 cm³/mol. The van der Waals surface area contributed by atoms with Crippen molar-refractivity contribution in [2.24, 2.45) is 5.92 Å². The third-order valence-corrected chi connectivity index (χ3v) is 5.06. The number of nitrogens with zero attached hydrogens (tertiary/aromatic N) is 1. The fraction of sp³-hybridized carbons (Fsp3) is 0.875. The Kier molecular flexibility index (Phi) is 4.40. The highest BCUT2D eigenvalue weighted by Crippen LogP contribution is 2.35. The van der Waals surface area contributed by atoms with Crippen molar-refractivity contribution in [3.63, 3.8) is 0 Å². The number of rotatable bonds is 3. The second kappa shape index (κ2) is 5.74. The third kappa shape index (κ3) is 2.45. The van der Waals surface area contributed by atoms with Gasteiger partial charge in [-0.15, -0.1) is 0 Å². The zero-order valence-electron chi connectivity index (χ0n) is 13.2. The lowest BCUT2D eigenvalue weighted by molar-refractivity contribution is -0.160. The van der Waals surface area contributed by atoms with E-state index in [1.807, 2.05) is 11.8 Å². The van der Waals surface area contributed by atoms with Crippen LogP contribution < -0.4 is 5.32 Å². The Hall–Kier alpha value is -1.06. The lowest BCUT2D eigenvalue weighted by Gasteiger charge is -2.50. The van der Waals surface area contributed by atoms with Gasteiger partial charge in [0.25, 0.3) is 0 Å². The first kappa shape index (κ1) is 15.3. The Bertz CT molecular complexity index is 386. The standard InChI is InChI=1S/C16H28N2O2/c1-5-13(11(2)3)18-12(4)14(19)17-16(15(18)20)9-7-6-8-10-16/h11-13H,5-10H2,1-4H3,(H,17,19). The molecule has 4 heteroatoms. The van der Waals surface area contributed by atoms with E-state index >= 15 is 0 Å². The van der Waals surface area contributed by atoms with E-state index in [0.29, 0.717) is 5.92 Å². The molecule has 1 spiro atoms. The van der Waals surface area contributed by atoms with Gasteiger partial charge in [-0.1, -0.05) is 40.0 Å². The molecule has 1 N–H and O–H groups in total. The maximum atomic E-state index is 13.1. The number of hydrogen-bond donors (Lipinski definition) is 1. The molecule has 2 aliphatic rings. The lowest BCUT2D eigenvalue weighted by atomic mass is 9.77. The molecule has 1 heterocycles. The second-order valence-corrected chi connectivity index (χ2v) is 6.74. The summed E-state index contributed by atoms with van der Waals surface area (Å²) in [7, 11) is 0. The molecule has 2 amide bonds. The average molecular weight is 280 g/mol. The maximum absolute atomic E-state index is 13.1. The topological polar surface area (TPSA) is 49.4 Å². The van der Waals surface area contributed by atoms with E-state index in [0.717, 1.165) is 32.1 Å². The molecule has 2 fully saturated rings. The van der Waals surface area contributed by atoms with Crippen molar-refractivity contribution in [3.05, 3.63) is 0 Å². The number of hydrogen-bond acceptors (Lipinski definition) is 2. The smallest absolute Gasteiger partial charge is 0.249 e. The van der Waals surface area contributed by atoms with Crippen LogP contribution in [0.15, 0.2) is 0 Å². The average Bonchev–Trinajstić information content (AvgIpc) is 2.42. The summed E-state index contributed by atoms with van der Waals surface area (Å²) >= 11 is 0. The molecule has 0 radical (unpaired) electrons. The van der Waals surface area contributed by atoms with Crippen molar-refractivity contribution in [2.75, 3.05) is 0 Å². The van der Waals surface area contributed by atoms with E-state index in [9.17, 15) is 9.59 Å². The minimum atomic E-state index is -0.607. The van der Waals surface area contributed by atoms with Gasteiger partial charge in [0.2, 0.25) is 11.8 Å². The quantitative estimate of drug-likeness (QED) is 0.863. The molecule has 2 rings (SSSR count). The van der Waals surface area contributed by atoms with Crippen LogP contribution in [0.3, 0.4) is 0 Å². The first-order valence-corrected chi connectivity index (χ1v) is 8.07. The normalized spacial score (nSPS) is 27.9. The minimum Gasteiger partial charge on any atom is -0.340 e. The van der Waals surface area contributed by atoms with Crippen LogP contribution in [0.1, 0.15) is 66.2 Å². The fourth-order valence-electron chi connectivity index (χ4n) is 3.86. The Balaban J connectivity index is 2.33. The van der Waals surface area contributed by atoms with Gasteiger partial charge in [-0.2, -0.15) is 0 Å². The third-order valence-electron chi connectivity index (χ3n) is 5.06. The summed E-state index contributed by atoms with van der Waals surface area (Å²) in [6, 6.07) is -0.190. The van der Waals surface area contributed by atoms with Crippen LogP contribution in [0.2, 0.25) is 0 Å². The molecule has 20 heavy (non-hydrogen) atoms. The molecule has 1 aliphatic heterocycles. The molecule has 1 saturated heterocycles. The molecule has 114 valence electrons. The van der Waals surface area contributed by atoms with Gasteiger partial charge in [-0.25, -0.2) is 0 Å². The Morgan fingerprint density at radius 3 is 2.35 bits per heavy atom. The summed E-state index contributed by atoms with van der Waals surface area (Å²) in [5.74, 6) is 0.549. The predicted octanol–water partition coefficient (Wildman–Crippen LogP) is 2.47. The highest BCUT2D eigenvalue weighted by molar-refractivity contribution is 5.99. The van der Waals surface area contributed by atoms with Crippen molar-refractivity contribution in [2.45, 2.75) is 83.8 Å². The molecular weight excluding hydrogens is 252 g/mol. The summed E-state index contributed by atoms with van der Waals surface area (Å²) in [5, 5.41) is 3.05. The fourth-order valence-corrected chi connectivity index (χ4v) is 3.86. The van der Waals surface area contributed by atoms with Gasteiger partial charge >= 0.3 is 0 Å². The molecule has 0 aromatic carbocycles. The first-order valence-electron chi connectivity index (χ1n) is 8.07. The number of carbonyl (C=O) groups is 2. The van der Waals surface area contributed by atoms with Crippen LogP contribution in [0.5, 0.6) is 0 Å². The zero-order chi connectivity index (χ0) is 14.9. The summed E-state index contributed by atoms with van der Waals surface area (Å²) in [5.41, 5.74) is -0.607. The Morgan fingerprint density at radius 2 is 1.85 bits per heavy atom. The highest BCUT2D eigenvalue weighted by atomic mass is 16.2. The van der Waals surface area contributed by atoms with Crippen molar-refractivity contribution in [1.82, 2.24) is 10.2 Å². The summed E-state index contributed by atoms with van der Waals surface area (Å²) in [6.45, 7) is 8.22. The second-order valence-electron chi connectivity index (χ2n) is 6.74. The highest BCUT2D eigenvalue weighted by Gasteiger charge is 2.51. The van der Waals surface area contributed by atoms with Gasteiger partial charge in [-0.05, 0) is 32.1 Å². The number of piperazine rings is 1. The van der Waals surface area contributed by atoms with Crippen molar-refractivity contribution in [1.29, 1.82) is 0 Å². The SMILES string of the molecule is CCC(C(C)C)N1C(=O)C2(CCCCC2)NC(=O)C1C. The summed E-state index contributed by atoms with van der Waals surface area (Å²) in [6.07, 6.45) is 5.74. The van der Waals surface area contributed by atoms with Crippen molar-refractivity contribution < 1.29 is 9.59 Å². The lowest BCUT2D eigenvalue weighted by Crippen LogP contribution is -2.72. The van der Waals surface area contributed by atoms with Crippen molar-refractivity contribution >= 4 is 11.8 Å². The zero-order valence-corrected chi connectivity index (χ0v) is 13.2. The number of carbonyl (C=O) groups excluding carboxylic acids is 2. The molecule has 2 atom stereocenters. The van der Waals surface area contributed by atoms with Gasteiger partial charge in [0, 0.05) is 6.04 Å². The molecule has 0 bridgehead atoms.